The maximum Gasteiger partial charge on any atom is 0.344 e. The summed E-state index contributed by atoms with van der Waals surface area (Å²) >= 11 is 1.10. The molecule has 104 valence electrons. The highest BCUT2D eigenvalue weighted by Gasteiger charge is 2.23. The Balaban J connectivity index is 2.45. The van der Waals surface area contributed by atoms with Crippen LogP contribution in [0.5, 0.6) is 0 Å². The monoisotopic (exact) mass is 292 g/mol. The van der Waals surface area contributed by atoms with Gasteiger partial charge in [-0.25, -0.2) is 20.8 Å². The van der Waals surface area contributed by atoms with Crippen molar-refractivity contribution < 1.29 is 4.92 Å². The van der Waals surface area contributed by atoms with Crippen molar-refractivity contribution in [3.63, 3.8) is 0 Å². The van der Waals surface area contributed by atoms with Gasteiger partial charge in [0, 0.05) is 5.69 Å². The average molecular weight is 292 g/mol. The number of nitrogens with one attached hydrogen (secondary N) is 1. The Kier molecular flexibility index (Phi) is 4.11. The lowest BCUT2D eigenvalue weighted by Crippen LogP contribution is -2.12. The smallest absolute Gasteiger partial charge is 0.303 e. The Morgan fingerprint density at radius 3 is 2.70 bits per heavy atom. The lowest BCUT2D eigenvalue weighted by molar-refractivity contribution is -0.387. The molecule has 0 radical (unpaired) electrons. The van der Waals surface area contributed by atoms with Crippen LogP contribution in [0.1, 0.15) is 11.3 Å². The van der Waals surface area contributed by atoms with Gasteiger partial charge < -0.3 is 5.43 Å². The van der Waals surface area contributed by atoms with Crippen molar-refractivity contribution in [3.05, 3.63) is 39.8 Å². The molecule has 2 aromatic heterocycles. The minimum absolute atomic E-state index is 0.0307. The van der Waals surface area contributed by atoms with Crippen LogP contribution in [0.4, 0.5) is 11.5 Å². The van der Waals surface area contributed by atoms with Gasteiger partial charge in [0.2, 0.25) is 5.82 Å². The second-order valence-electron chi connectivity index (χ2n) is 4.00. The number of hydrogen-bond donors (Lipinski definition) is 2. The molecule has 0 fully saturated rings. The number of nitro groups is 1. The molecule has 0 saturated carbocycles. The summed E-state index contributed by atoms with van der Waals surface area (Å²) in [5, 5.41) is 11.9. The van der Waals surface area contributed by atoms with Gasteiger partial charge in [0.05, 0.1) is 4.92 Å². The van der Waals surface area contributed by atoms with Gasteiger partial charge in [-0.15, -0.1) is 0 Å². The number of rotatable bonds is 4. The number of nitrogens with two attached hydrogens (primary N) is 1. The zero-order chi connectivity index (χ0) is 14.7. The fraction of sp³-hybridized carbons (Fsp3) is 0.182. The van der Waals surface area contributed by atoms with E-state index in [0.717, 1.165) is 23.0 Å². The summed E-state index contributed by atoms with van der Waals surface area (Å²) in [6.07, 6.45) is 1.22. The van der Waals surface area contributed by atoms with Crippen LogP contribution >= 0.6 is 11.8 Å². The van der Waals surface area contributed by atoms with Crippen molar-refractivity contribution in [2.24, 2.45) is 5.84 Å². The zero-order valence-corrected chi connectivity index (χ0v) is 11.6. The first kappa shape index (κ1) is 14.2. The second-order valence-corrected chi connectivity index (χ2v) is 5.01. The van der Waals surface area contributed by atoms with E-state index in [1.807, 2.05) is 26.0 Å². The summed E-state index contributed by atoms with van der Waals surface area (Å²) in [6, 6.07) is 3.75. The fourth-order valence-electron chi connectivity index (χ4n) is 1.66. The van der Waals surface area contributed by atoms with Gasteiger partial charge in [0.25, 0.3) is 0 Å². The predicted octanol–water partition coefficient (Wildman–Crippen LogP) is 1.83. The SMILES string of the molecule is Cc1cc(C)nc(Sc2ncnc(NN)c2[N+](=O)[O-])c1. The quantitative estimate of drug-likeness (QED) is 0.379. The molecule has 0 amide bonds. The van der Waals surface area contributed by atoms with Crippen LogP contribution in [0.3, 0.4) is 0 Å². The standard InChI is InChI=1S/C11H12N6O2S/c1-6-3-7(2)15-8(4-6)20-11-9(17(18)19)10(16-12)13-5-14-11/h3-5H,12H2,1-2H3,(H,13,14,16). The Morgan fingerprint density at radius 2 is 2.10 bits per heavy atom. The lowest BCUT2D eigenvalue weighted by atomic mass is 10.3. The molecule has 20 heavy (non-hydrogen) atoms. The molecule has 0 atom stereocenters. The van der Waals surface area contributed by atoms with Crippen LogP contribution in [0.2, 0.25) is 0 Å². The maximum atomic E-state index is 11.1. The molecule has 2 rings (SSSR count). The maximum absolute atomic E-state index is 11.1. The summed E-state index contributed by atoms with van der Waals surface area (Å²) in [5.41, 5.74) is 3.79. The molecule has 8 nitrogen and oxygen atoms in total. The van der Waals surface area contributed by atoms with Crippen LogP contribution in [0.25, 0.3) is 0 Å². The molecule has 3 N–H and O–H groups in total. The van der Waals surface area contributed by atoms with Crippen LogP contribution < -0.4 is 11.3 Å². The third kappa shape index (κ3) is 3.00. The number of nitrogens with zero attached hydrogens (tertiary/aromatic N) is 4. The van der Waals surface area contributed by atoms with Crippen molar-refractivity contribution >= 4 is 23.3 Å². The second kappa shape index (κ2) is 5.80. The zero-order valence-electron chi connectivity index (χ0n) is 10.8. The highest BCUT2D eigenvalue weighted by atomic mass is 32.2. The Morgan fingerprint density at radius 1 is 1.35 bits per heavy atom. The van der Waals surface area contributed by atoms with Crippen molar-refractivity contribution in [2.45, 2.75) is 23.9 Å². The van der Waals surface area contributed by atoms with E-state index in [2.05, 4.69) is 20.4 Å². The van der Waals surface area contributed by atoms with Gasteiger partial charge in [-0.3, -0.25) is 10.1 Å². The van der Waals surface area contributed by atoms with Crippen molar-refractivity contribution in [1.29, 1.82) is 0 Å². The topological polar surface area (TPSA) is 120 Å². The van der Waals surface area contributed by atoms with E-state index < -0.39 is 4.92 Å². The van der Waals surface area contributed by atoms with E-state index in [9.17, 15) is 10.1 Å². The van der Waals surface area contributed by atoms with Crippen molar-refractivity contribution in [2.75, 3.05) is 5.43 Å². The highest BCUT2D eigenvalue weighted by molar-refractivity contribution is 7.99. The summed E-state index contributed by atoms with van der Waals surface area (Å²) < 4.78 is 0. The molecule has 0 aromatic carbocycles. The largest absolute Gasteiger partial charge is 0.344 e. The van der Waals surface area contributed by atoms with Crippen LogP contribution in [0, 0.1) is 24.0 Å². The molecule has 0 aliphatic rings. The van der Waals surface area contributed by atoms with Crippen LogP contribution in [-0.2, 0) is 0 Å². The molecule has 0 aliphatic heterocycles. The normalized spacial score (nSPS) is 10.3. The molecule has 0 saturated heterocycles. The number of aryl methyl sites for hydroxylation is 2. The van der Waals surface area contributed by atoms with Gasteiger partial charge in [0.1, 0.15) is 11.4 Å². The molecule has 0 spiro atoms. The number of aromatic nitrogens is 3. The van der Waals surface area contributed by atoms with Crippen molar-refractivity contribution in [1.82, 2.24) is 15.0 Å². The fourth-order valence-corrected chi connectivity index (χ4v) is 2.66. The summed E-state index contributed by atoms with van der Waals surface area (Å²) in [6.45, 7) is 3.79. The highest BCUT2D eigenvalue weighted by Crippen LogP contribution is 2.35. The Labute approximate surface area is 119 Å². The first-order valence-corrected chi connectivity index (χ1v) is 6.42. The van der Waals surface area contributed by atoms with E-state index in [0.29, 0.717) is 5.03 Å². The third-order valence-electron chi connectivity index (χ3n) is 2.38. The van der Waals surface area contributed by atoms with Crippen LogP contribution in [0.15, 0.2) is 28.5 Å². The molecule has 9 heteroatoms. The minimum atomic E-state index is -0.569. The first-order valence-electron chi connectivity index (χ1n) is 5.60. The minimum Gasteiger partial charge on any atom is -0.303 e. The van der Waals surface area contributed by atoms with Gasteiger partial charge in [0.15, 0.2) is 5.03 Å². The predicted molar refractivity (Wildman–Crippen MR) is 74.3 cm³/mol. The Hall–Kier alpha value is -2.26. The van der Waals surface area contributed by atoms with E-state index in [1.165, 1.54) is 6.33 Å². The van der Waals surface area contributed by atoms with E-state index in [-0.39, 0.29) is 16.5 Å². The van der Waals surface area contributed by atoms with Gasteiger partial charge in [-0.1, -0.05) is 0 Å². The molecule has 0 bridgehead atoms. The lowest BCUT2D eigenvalue weighted by Gasteiger charge is -2.06. The van der Waals surface area contributed by atoms with Gasteiger partial charge in [-0.2, -0.15) is 0 Å². The summed E-state index contributed by atoms with van der Waals surface area (Å²) in [5.74, 6) is 5.20. The van der Waals surface area contributed by atoms with Crippen molar-refractivity contribution in [3.8, 4) is 0 Å². The molecule has 2 heterocycles. The number of nitrogen functional groups attached to an aromatic ring is 1. The van der Waals surface area contributed by atoms with E-state index in [1.54, 1.807) is 0 Å². The molecule has 0 aliphatic carbocycles. The number of anilines is 1. The number of pyridine rings is 1. The van der Waals surface area contributed by atoms with Crippen LogP contribution in [-0.4, -0.2) is 19.9 Å². The molecular formula is C11H12N6O2S. The average Bonchev–Trinajstić information content (AvgIpc) is 2.36. The van der Waals surface area contributed by atoms with E-state index >= 15 is 0 Å². The molecular weight excluding hydrogens is 280 g/mol. The summed E-state index contributed by atoms with van der Waals surface area (Å²) in [7, 11) is 0. The Bertz CT molecular complexity index is 643. The molecule has 2 aromatic rings. The number of hydrogen-bond acceptors (Lipinski definition) is 8. The first-order chi connectivity index (χ1) is 9.51. The summed E-state index contributed by atoms with van der Waals surface area (Å²) in [4.78, 5) is 22.5. The molecule has 0 unspecified atom stereocenters. The van der Waals surface area contributed by atoms with E-state index in [4.69, 9.17) is 5.84 Å². The third-order valence-corrected chi connectivity index (χ3v) is 3.29. The van der Waals surface area contributed by atoms with Gasteiger partial charge in [-0.05, 0) is 43.3 Å². The number of hydrazine groups is 1. The van der Waals surface area contributed by atoms with Gasteiger partial charge >= 0.3 is 5.69 Å².